The summed E-state index contributed by atoms with van der Waals surface area (Å²) in [5.41, 5.74) is 16.9. The van der Waals surface area contributed by atoms with Gasteiger partial charge in [0.05, 0.1) is 94.8 Å². The van der Waals surface area contributed by atoms with Crippen LogP contribution in [-0.2, 0) is 6.18 Å². The van der Waals surface area contributed by atoms with Crippen molar-refractivity contribution < 1.29 is 13.2 Å². The number of hydrogen-bond acceptors (Lipinski definition) is 1. The van der Waals surface area contributed by atoms with Crippen LogP contribution in [0.5, 0.6) is 0 Å². The van der Waals surface area contributed by atoms with Gasteiger partial charge < -0.3 is 27.4 Å². The summed E-state index contributed by atoms with van der Waals surface area (Å²) in [6, 6.07) is 106. The number of para-hydroxylation sites is 8. The molecule has 0 bridgehead atoms. The Morgan fingerprint density at radius 3 is 0.781 bits per heavy atom. The van der Waals surface area contributed by atoms with Gasteiger partial charge in [-0.3, -0.25) is 0 Å². The van der Waals surface area contributed by atoms with Crippen molar-refractivity contribution in [2.75, 3.05) is 0 Å². The quantitative estimate of drug-likeness (QED) is 0.157. The minimum Gasteiger partial charge on any atom is -0.309 e. The third-order valence-electron chi connectivity index (χ3n) is 20.0. The Hall–Kier alpha value is -12.8. The van der Waals surface area contributed by atoms with Gasteiger partial charge in [-0.25, -0.2) is 0 Å². The molecule has 0 aliphatic heterocycles. The monoisotopic (exact) mass is 1240 g/mol. The van der Waals surface area contributed by atoms with Crippen molar-refractivity contribution in [3.63, 3.8) is 0 Å². The molecule has 7 nitrogen and oxygen atoms in total. The molecule has 0 amide bonds. The van der Waals surface area contributed by atoms with Gasteiger partial charge in [-0.15, -0.1) is 0 Å². The van der Waals surface area contributed by atoms with Crippen LogP contribution in [0, 0.1) is 11.3 Å². The number of hydrogen-bond donors (Lipinski definition) is 0. The van der Waals surface area contributed by atoms with Gasteiger partial charge in [0.1, 0.15) is 0 Å². The van der Waals surface area contributed by atoms with Gasteiger partial charge in [-0.2, -0.15) is 18.4 Å². The van der Waals surface area contributed by atoms with Crippen molar-refractivity contribution in [1.29, 1.82) is 5.26 Å². The third-order valence-corrected chi connectivity index (χ3v) is 20.0. The SMILES string of the molecule is N#Cc1ccc(-c2cc(C(F)(F)F)ccc2-n2c3ccc(-n4c5ccccc5c5ccccc54)cc3c3cc(-n4c5ccccc5c5ccccc54)ccc32)c(-n2c3ccc(-n4c5ccccc5c5ccccc54)cc3c3cc(-n4c5ccccc5c5ccccc54)ccc32)c1. The molecule has 0 fully saturated rings. The highest BCUT2D eigenvalue weighted by atomic mass is 19.4. The largest absolute Gasteiger partial charge is 0.416 e. The normalized spacial score (nSPS) is 12.3. The van der Waals surface area contributed by atoms with E-state index in [9.17, 15) is 5.26 Å². The summed E-state index contributed by atoms with van der Waals surface area (Å²) >= 11 is 0. The maximum atomic E-state index is 15.8. The minimum atomic E-state index is -4.71. The third kappa shape index (κ3) is 7.65. The lowest BCUT2D eigenvalue weighted by Crippen LogP contribution is -2.08. The molecule has 450 valence electrons. The molecular weight excluding hydrogens is 1190 g/mol. The second kappa shape index (κ2) is 20.1. The fourth-order valence-corrected chi connectivity index (χ4v) is 16.0. The van der Waals surface area contributed by atoms with Gasteiger partial charge in [-0.1, -0.05) is 152 Å². The van der Waals surface area contributed by atoms with Crippen molar-refractivity contribution in [2.24, 2.45) is 0 Å². The van der Waals surface area contributed by atoms with Gasteiger partial charge in [0.2, 0.25) is 0 Å². The molecule has 10 heteroatoms. The highest BCUT2D eigenvalue weighted by Gasteiger charge is 2.33. The Kier molecular flexibility index (Phi) is 11.3. The van der Waals surface area contributed by atoms with Gasteiger partial charge in [-0.05, 0) is 152 Å². The average molecular weight is 1240 g/mol. The van der Waals surface area contributed by atoms with Crippen LogP contribution >= 0.6 is 0 Å². The number of halogens is 3. The highest BCUT2D eigenvalue weighted by Crippen LogP contribution is 2.47. The van der Waals surface area contributed by atoms with E-state index < -0.39 is 11.7 Å². The van der Waals surface area contributed by atoms with Crippen molar-refractivity contribution in [1.82, 2.24) is 27.4 Å². The fourth-order valence-electron chi connectivity index (χ4n) is 16.0. The summed E-state index contributed by atoms with van der Waals surface area (Å²) in [5.74, 6) is 0. The van der Waals surface area contributed by atoms with Crippen LogP contribution in [0.1, 0.15) is 11.1 Å². The van der Waals surface area contributed by atoms with E-state index in [0.717, 1.165) is 154 Å². The van der Waals surface area contributed by atoms with Crippen LogP contribution in [0.3, 0.4) is 0 Å². The predicted octanol–water partition coefficient (Wildman–Crippen LogP) is 22.8. The van der Waals surface area contributed by atoms with Gasteiger partial charge in [0, 0.05) is 98.5 Å². The number of nitriles is 1. The maximum absolute atomic E-state index is 15.8. The van der Waals surface area contributed by atoms with E-state index in [0.29, 0.717) is 28.1 Å². The van der Waals surface area contributed by atoms with Crippen molar-refractivity contribution in [2.45, 2.75) is 6.18 Å². The lowest BCUT2D eigenvalue weighted by Gasteiger charge is -2.20. The van der Waals surface area contributed by atoms with Gasteiger partial charge in [0.25, 0.3) is 0 Å². The molecule has 96 heavy (non-hydrogen) atoms. The maximum Gasteiger partial charge on any atom is 0.416 e. The van der Waals surface area contributed by atoms with Crippen LogP contribution < -0.4 is 0 Å². The first kappa shape index (κ1) is 53.8. The number of aromatic nitrogens is 6. The zero-order valence-electron chi connectivity index (χ0n) is 51.1. The smallest absolute Gasteiger partial charge is 0.309 e. The molecule has 0 saturated carbocycles. The molecule has 0 atom stereocenters. The van der Waals surface area contributed by atoms with E-state index in [1.165, 1.54) is 12.1 Å². The van der Waals surface area contributed by atoms with Crippen LogP contribution in [0.2, 0.25) is 0 Å². The number of nitrogens with zero attached hydrogens (tertiary/aromatic N) is 7. The van der Waals surface area contributed by atoms with Crippen LogP contribution in [0.25, 0.3) is 176 Å². The predicted molar refractivity (Wildman–Crippen MR) is 388 cm³/mol. The number of fused-ring (bicyclic) bond motifs is 18. The first-order valence-electron chi connectivity index (χ1n) is 32.1. The molecule has 20 aromatic rings. The van der Waals surface area contributed by atoms with Crippen LogP contribution in [0.4, 0.5) is 13.2 Å². The summed E-state index contributed by atoms with van der Waals surface area (Å²) in [6.07, 6.45) is -4.71. The van der Waals surface area contributed by atoms with Crippen molar-refractivity contribution >= 4 is 131 Å². The Labute approximate surface area is 545 Å². The number of alkyl halides is 3. The molecule has 0 spiro atoms. The second-order valence-electron chi connectivity index (χ2n) is 25.0. The Morgan fingerprint density at radius 1 is 0.229 bits per heavy atom. The standard InChI is InChI=1S/C86H50F3N7/c87-86(88,89)53-34-40-80(95-81-41-35-54(91-72-25-9-1-17-58(72)59-18-2-10-26-73(59)91)47-68(81)69-48-55(36-42-82(69)95)92-74-27-11-3-19-60(74)61-20-4-12-28-75(61)92)67(46-53)66-39-33-52(51-90)45-85(66)96-83-43-37-56(93-76-29-13-5-21-62(76)63-22-6-14-30-77(63)93)49-70(83)71-50-57(38-44-84(71)96)94-78-31-15-7-23-64(78)65-24-8-16-32-79(65)94/h1-50H. The second-order valence-corrected chi connectivity index (χ2v) is 25.0. The van der Waals surface area contributed by atoms with Gasteiger partial charge >= 0.3 is 6.18 Å². The highest BCUT2D eigenvalue weighted by molar-refractivity contribution is 6.17. The molecule has 20 rings (SSSR count). The Balaban J connectivity index is 0.869. The first-order chi connectivity index (χ1) is 47.2. The molecule has 6 heterocycles. The molecule has 6 aromatic heterocycles. The van der Waals surface area contributed by atoms with E-state index >= 15 is 13.2 Å². The zero-order chi connectivity index (χ0) is 63.7. The van der Waals surface area contributed by atoms with E-state index in [1.807, 2.05) is 12.1 Å². The molecule has 0 aliphatic rings. The fraction of sp³-hybridized carbons (Fsp3) is 0.0116. The first-order valence-corrected chi connectivity index (χ1v) is 32.1. The average Bonchev–Trinajstić information content (AvgIpc) is 1.54. The van der Waals surface area contributed by atoms with Crippen molar-refractivity contribution in [3.05, 3.63) is 314 Å². The molecule has 0 N–H and O–H groups in total. The lowest BCUT2D eigenvalue weighted by molar-refractivity contribution is -0.137. The van der Waals surface area contributed by atoms with E-state index in [4.69, 9.17) is 0 Å². The summed E-state index contributed by atoms with van der Waals surface area (Å²) in [4.78, 5) is 0. The Morgan fingerprint density at radius 2 is 0.500 bits per heavy atom. The van der Waals surface area contributed by atoms with Crippen molar-refractivity contribution in [3.8, 4) is 51.3 Å². The van der Waals surface area contributed by atoms with Crippen LogP contribution in [0.15, 0.2) is 303 Å². The lowest BCUT2D eigenvalue weighted by atomic mass is 9.97. The minimum absolute atomic E-state index is 0.333. The molecule has 14 aromatic carbocycles. The zero-order valence-corrected chi connectivity index (χ0v) is 51.1. The summed E-state index contributed by atoms with van der Waals surface area (Å²) in [7, 11) is 0. The molecule has 0 unspecified atom stereocenters. The Bertz CT molecular complexity index is 6240. The molecular formula is C86H50F3N7. The molecule has 0 saturated heterocycles. The molecule has 0 radical (unpaired) electrons. The van der Waals surface area contributed by atoms with E-state index in [-0.39, 0.29) is 0 Å². The topological polar surface area (TPSA) is 53.4 Å². The summed E-state index contributed by atoms with van der Waals surface area (Å²) in [6.45, 7) is 0. The number of benzene rings is 14. The van der Waals surface area contributed by atoms with E-state index in [2.05, 4.69) is 300 Å². The number of rotatable bonds is 7. The molecule has 0 aliphatic carbocycles. The van der Waals surface area contributed by atoms with Gasteiger partial charge in [0.15, 0.2) is 0 Å². The summed E-state index contributed by atoms with van der Waals surface area (Å²) in [5, 5.41) is 23.7. The summed E-state index contributed by atoms with van der Waals surface area (Å²) < 4.78 is 60.9. The van der Waals surface area contributed by atoms with E-state index in [1.54, 1.807) is 12.1 Å². The van der Waals surface area contributed by atoms with Crippen LogP contribution in [-0.4, -0.2) is 27.4 Å².